The lowest BCUT2D eigenvalue weighted by Crippen LogP contribution is -2.49. The second-order valence-corrected chi connectivity index (χ2v) is 7.97. The molecule has 1 aliphatic heterocycles. The van der Waals surface area contributed by atoms with Crippen LogP contribution in [0.2, 0.25) is 0 Å². The number of amides is 1. The monoisotopic (exact) mass is 398 g/mol. The summed E-state index contributed by atoms with van der Waals surface area (Å²) in [6.07, 6.45) is 1.42. The number of aryl methyl sites for hydroxylation is 2. The van der Waals surface area contributed by atoms with Crippen molar-refractivity contribution in [2.24, 2.45) is 0 Å². The van der Waals surface area contributed by atoms with Crippen molar-refractivity contribution < 1.29 is 9.53 Å². The number of carbonyl (C=O) groups excluding carboxylic acids is 1. The van der Waals surface area contributed by atoms with Gasteiger partial charge < -0.3 is 14.5 Å². The maximum absolute atomic E-state index is 13.0. The first-order chi connectivity index (χ1) is 13.5. The lowest BCUT2D eigenvalue weighted by Gasteiger charge is -2.36. The molecule has 7 nitrogen and oxygen atoms in total. The Morgan fingerprint density at radius 2 is 1.86 bits per heavy atom. The number of nitrogens with zero attached hydrogens (tertiary/aromatic N) is 4. The molecular formula is C20H22N4O3S. The minimum absolute atomic E-state index is 0.129. The molecule has 3 heterocycles. The Hall–Kier alpha value is -2.87. The Bertz CT molecular complexity index is 1100. The number of carbonyl (C=O) groups is 1. The highest BCUT2D eigenvalue weighted by atomic mass is 32.1. The summed E-state index contributed by atoms with van der Waals surface area (Å²) in [5.74, 6) is 0.563. The van der Waals surface area contributed by atoms with E-state index in [9.17, 15) is 9.59 Å². The third-order valence-corrected chi connectivity index (χ3v) is 6.31. The topological polar surface area (TPSA) is 67.2 Å². The molecule has 3 aromatic rings. The molecule has 1 fully saturated rings. The Kier molecular flexibility index (Phi) is 4.80. The van der Waals surface area contributed by atoms with E-state index in [2.05, 4.69) is 9.88 Å². The number of hydrogen-bond donors (Lipinski definition) is 0. The van der Waals surface area contributed by atoms with Crippen LogP contribution >= 0.6 is 11.3 Å². The molecule has 4 rings (SSSR count). The van der Waals surface area contributed by atoms with Gasteiger partial charge in [-0.05, 0) is 26.0 Å². The molecule has 1 amide bonds. The summed E-state index contributed by atoms with van der Waals surface area (Å²) in [4.78, 5) is 35.8. The summed E-state index contributed by atoms with van der Waals surface area (Å²) in [5, 5.41) is 0. The predicted molar refractivity (Wildman–Crippen MR) is 110 cm³/mol. The minimum Gasteiger partial charge on any atom is -0.495 e. The molecule has 0 radical (unpaired) electrons. The van der Waals surface area contributed by atoms with Gasteiger partial charge in [0.25, 0.3) is 11.5 Å². The van der Waals surface area contributed by atoms with E-state index in [1.807, 2.05) is 38.1 Å². The largest absolute Gasteiger partial charge is 0.495 e. The summed E-state index contributed by atoms with van der Waals surface area (Å²) in [6, 6.07) is 7.86. The van der Waals surface area contributed by atoms with E-state index in [4.69, 9.17) is 4.74 Å². The fourth-order valence-electron chi connectivity index (χ4n) is 3.53. The number of fused-ring (bicyclic) bond motifs is 1. The number of aromatic nitrogens is 2. The van der Waals surface area contributed by atoms with Crippen LogP contribution < -0.4 is 15.2 Å². The number of methoxy groups -OCH3 is 1. The number of thiazole rings is 1. The fraction of sp³-hybridized carbons (Fsp3) is 0.350. The van der Waals surface area contributed by atoms with Gasteiger partial charge in [-0.15, -0.1) is 11.3 Å². The molecule has 8 heteroatoms. The molecule has 0 spiro atoms. The quantitative estimate of drug-likeness (QED) is 0.678. The molecule has 28 heavy (non-hydrogen) atoms. The smallest absolute Gasteiger partial charge is 0.271 e. The summed E-state index contributed by atoms with van der Waals surface area (Å²) >= 11 is 1.46. The first kappa shape index (κ1) is 18.5. The van der Waals surface area contributed by atoms with Gasteiger partial charge in [0, 0.05) is 42.9 Å². The van der Waals surface area contributed by atoms with Gasteiger partial charge in [0.05, 0.1) is 12.8 Å². The molecule has 0 saturated carbocycles. The number of piperazine rings is 1. The van der Waals surface area contributed by atoms with Gasteiger partial charge in [-0.1, -0.05) is 12.1 Å². The van der Waals surface area contributed by atoms with Crippen molar-refractivity contribution in [2.45, 2.75) is 13.8 Å². The number of benzene rings is 1. The van der Waals surface area contributed by atoms with Gasteiger partial charge in [-0.25, -0.2) is 4.98 Å². The van der Waals surface area contributed by atoms with Crippen LogP contribution in [0.5, 0.6) is 5.75 Å². The zero-order valence-corrected chi connectivity index (χ0v) is 17.0. The number of hydrogen-bond acceptors (Lipinski definition) is 6. The van der Waals surface area contributed by atoms with Crippen molar-refractivity contribution in [3.63, 3.8) is 0 Å². The zero-order chi connectivity index (χ0) is 19.8. The molecule has 0 atom stereocenters. The van der Waals surface area contributed by atoms with E-state index >= 15 is 0 Å². The van der Waals surface area contributed by atoms with Crippen molar-refractivity contribution in [1.82, 2.24) is 14.3 Å². The summed E-state index contributed by atoms with van der Waals surface area (Å²) in [5.41, 5.74) is 1.70. The second-order valence-electron chi connectivity index (χ2n) is 6.79. The summed E-state index contributed by atoms with van der Waals surface area (Å²) < 4.78 is 6.98. The summed E-state index contributed by atoms with van der Waals surface area (Å²) in [6.45, 7) is 6.27. The lowest BCUT2D eigenvalue weighted by atomic mass is 10.2. The van der Waals surface area contributed by atoms with Crippen LogP contribution in [-0.2, 0) is 0 Å². The van der Waals surface area contributed by atoms with Crippen LogP contribution in [0.4, 0.5) is 5.69 Å². The average molecular weight is 398 g/mol. The number of anilines is 1. The van der Waals surface area contributed by atoms with E-state index in [1.165, 1.54) is 21.9 Å². The van der Waals surface area contributed by atoms with Gasteiger partial charge in [0.1, 0.15) is 11.3 Å². The van der Waals surface area contributed by atoms with Crippen molar-refractivity contribution in [3.8, 4) is 5.75 Å². The van der Waals surface area contributed by atoms with E-state index in [1.54, 1.807) is 12.0 Å². The zero-order valence-electron chi connectivity index (χ0n) is 16.1. The molecule has 2 aromatic heterocycles. The lowest BCUT2D eigenvalue weighted by molar-refractivity contribution is 0.0744. The van der Waals surface area contributed by atoms with Crippen LogP contribution in [0.1, 0.15) is 20.9 Å². The van der Waals surface area contributed by atoms with Gasteiger partial charge in [0.15, 0.2) is 4.96 Å². The normalized spacial score (nSPS) is 14.5. The molecule has 1 aliphatic rings. The van der Waals surface area contributed by atoms with Crippen LogP contribution in [0.3, 0.4) is 0 Å². The maximum atomic E-state index is 13.0. The molecule has 0 unspecified atom stereocenters. The predicted octanol–water partition coefficient (Wildman–Crippen LogP) is 2.34. The number of ether oxygens (including phenoxy) is 1. The highest BCUT2D eigenvalue weighted by Gasteiger charge is 2.26. The average Bonchev–Trinajstić information content (AvgIpc) is 3.02. The Labute approximate surface area is 166 Å². The van der Waals surface area contributed by atoms with E-state index in [0.717, 1.165) is 22.0 Å². The van der Waals surface area contributed by atoms with Crippen LogP contribution in [0.25, 0.3) is 4.96 Å². The minimum atomic E-state index is -0.288. The third kappa shape index (κ3) is 3.03. The molecule has 0 N–H and O–H groups in total. The van der Waals surface area contributed by atoms with Gasteiger partial charge in [0.2, 0.25) is 0 Å². The van der Waals surface area contributed by atoms with Gasteiger partial charge >= 0.3 is 0 Å². The molecule has 146 valence electrons. The first-order valence-electron chi connectivity index (χ1n) is 9.16. The molecular weight excluding hydrogens is 376 g/mol. The maximum Gasteiger partial charge on any atom is 0.271 e. The highest BCUT2D eigenvalue weighted by molar-refractivity contribution is 7.17. The fourth-order valence-corrected chi connectivity index (χ4v) is 4.46. The molecule has 0 bridgehead atoms. The van der Waals surface area contributed by atoms with E-state index in [0.29, 0.717) is 31.1 Å². The first-order valence-corrected chi connectivity index (χ1v) is 9.98. The van der Waals surface area contributed by atoms with Gasteiger partial charge in [-0.2, -0.15) is 0 Å². The SMILES string of the molecule is COc1ccccc1N1CCN(C(=O)c2cnc3sc(C)c(C)n3c2=O)CC1. The van der Waals surface area contributed by atoms with Crippen LogP contribution in [-0.4, -0.2) is 53.5 Å². The number of para-hydroxylation sites is 2. The highest BCUT2D eigenvalue weighted by Crippen LogP contribution is 2.28. The Morgan fingerprint density at radius 3 is 2.57 bits per heavy atom. The number of rotatable bonds is 3. The molecule has 1 saturated heterocycles. The Balaban J connectivity index is 1.55. The summed E-state index contributed by atoms with van der Waals surface area (Å²) in [7, 11) is 1.66. The van der Waals surface area contributed by atoms with Crippen molar-refractivity contribution in [3.05, 3.63) is 57.0 Å². The van der Waals surface area contributed by atoms with Crippen molar-refractivity contribution in [1.29, 1.82) is 0 Å². The van der Waals surface area contributed by atoms with E-state index in [-0.39, 0.29) is 17.0 Å². The van der Waals surface area contributed by atoms with Crippen LogP contribution in [0, 0.1) is 13.8 Å². The van der Waals surface area contributed by atoms with Gasteiger partial charge in [-0.3, -0.25) is 14.0 Å². The molecule has 1 aromatic carbocycles. The Morgan fingerprint density at radius 1 is 1.14 bits per heavy atom. The third-order valence-electron chi connectivity index (χ3n) is 5.24. The van der Waals surface area contributed by atoms with Crippen molar-refractivity contribution >= 4 is 27.9 Å². The van der Waals surface area contributed by atoms with Crippen molar-refractivity contribution in [2.75, 3.05) is 38.2 Å². The molecule has 0 aliphatic carbocycles. The standard InChI is InChI=1S/C20H22N4O3S/c1-13-14(2)28-20-21-12-15(19(26)24(13)20)18(25)23-10-8-22(9-11-23)16-6-4-5-7-17(16)27-3/h4-7,12H,8-11H2,1-3H3. The van der Waals surface area contributed by atoms with E-state index < -0.39 is 0 Å². The van der Waals surface area contributed by atoms with Crippen LogP contribution in [0.15, 0.2) is 35.3 Å². The second kappa shape index (κ2) is 7.27.